The molecule has 0 bridgehead atoms. The average molecular weight is 332 g/mol. The molecular weight excluding hydrogens is 321 g/mol. The van der Waals surface area contributed by atoms with Crippen molar-refractivity contribution in [2.24, 2.45) is 0 Å². The number of hydrogen-bond donors (Lipinski definition) is 1. The zero-order valence-corrected chi connectivity index (χ0v) is 12.1. The Balaban J connectivity index is 1.92. The molecule has 0 saturated heterocycles. The van der Waals surface area contributed by atoms with Crippen LogP contribution < -0.4 is 5.32 Å². The van der Waals surface area contributed by atoms with Crippen molar-refractivity contribution in [3.05, 3.63) is 64.6 Å². The van der Waals surface area contributed by atoms with Gasteiger partial charge in [-0.05, 0) is 34.1 Å². The number of aromatic nitrogens is 2. The maximum atomic E-state index is 13.6. The van der Waals surface area contributed by atoms with Gasteiger partial charge < -0.3 is 5.32 Å². The Labute approximate surface area is 124 Å². The van der Waals surface area contributed by atoms with Crippen LogP contribution in [0.2, 0.25) is 0 Å². The first kappa shape index (κ1) is 13.0. The molecule has 0 spiro atoms. The molecule has 0 aliphatic heterocycles. The molecule has 3 aromatic rings. The van der Waals surface area contributed by atoms with Gasteiger partial charge in [-0.2, -0.15) is 0 Å². The lowest BCUT2D eigenvalue weighted by molar-refractivity contribution is 0.613. The van der Waals surface area contributed by atoms with E-state index < -0.39 is 0 Å². The number of benzene rings is 2. The largest absolute Gasteiger partial charge is 0.365 e. The monoisotopic (exact) mass is 331 g/mol. The zero-order chi connectivity index (χ0) is 13.9. The van der Waals surface area contributed by atoms with Gasteiger partial charge in [0.2, 0.25) is 0 Å². The van der Waals surface area contributed by atoms with E-state index in [-0.39, 0.29) is 5.82 Å². The molecule has 20 heavy (non-hydrogen) atoms. The summed E-state index contributed by atoms with van der Waals surface area (Å²) in [5, 5.41) is 4.06. The van der Waals surface area contributed by atoms with Crippen LogP contribution in [0.1, 0.15) is 5.56 Å². The fourth-order valence-corrected chi connectivity index (χ4v) is 2.48. The Bertz CT molecular complexity index is 761. The number of para-hydroxylation sites is 1. The molecule has 0 fully saturated rings. The highest BCUT2D eigenvalue weighted by molar-refractivity contribution is 9.10. The first-order valence-electron chi connectivity index (χ1n) is 6.12. The topological polar surface area (TPSA) is 37.8 Å². The van der Waals surface area contributed by atoms with Crippen LogP contribution in [-0.2, 0) is 6.54 Å². The number of fused-ring (bicyclic) bond motifs is 1. The summed E-state index contributed by atoms with van der Waals surface area (Å²) in [6, 6.07) is 12.5. The highest BCUT2D eigenvalue weighted by atomic mass is 79.9. The van der Waals surface area contributed by atoms with Crippen molar-refractivity contribution in [2.75, 3.05) is 5.32 Å². The molecule has 0 amide bonds. The molecule has 0 radical (unpaired) electrons. The van der Waals surface area contributed by atoms with Gasteiger partial charge >= 0.3 is 0 Å². The molecule has 0 atom stereocenters. The molecule has 0 saturated carbocycles. The van der Waals surface area contributed by atoms with Crippen LogP contribution in [0.25, 0.3) is 10.9 Å². The Hall–Kier alpha value is -2.01. The molecule has 0 unspecified atom stereocenters. The summed E-state index contributed by atoms with van der Waals surface area (Å²) in [4.78, 5) is 8.47. The van der Waals surface area contributed by atoms with E-state index in [4.69, 9.17) is 0 Å². The average Bonchev–Trinajstić information content (AvgIpc) is 2.47. The first-order chi connectivity index (χ1) is 9.75. The molecule has 100 valence electrons. The van der Waals surface area contributed by atoms with E-state index in [0.29, 0.717) is 17.9 Å². The van der Waals surface area contributed by atoms with Crippen molar-refractivity contribution in [2.45, 2.75) is 6.54 Å². The molecule has 0 aliphatic carbocycles. The smallest absolute Gasteiger partial charge is 0.137 e. The molecule has 1 N–H and O–H groups in total. The second kappa shape index (κ2) is 5.54. The third-order valence-corrected chi connectivity index (χ3v) is 3.66. The predicted molar refractivity (Wildman–Crippen MR) is 81.0 cm³/mol. The fraction of sp³-hybridized carbons (Fsp3) is 0.0667. The lowest BCUT2D eigenvalue weighted by Crippen LogP contribution is -2.04. The highest BCUT2D eigenvalue weighted by Gasteiger charge is 2.07. The van der Waals surface area contributed by atoms with Gasteiger partial charge in [0.25, 0.3) is 0 Å². The van der Waals surface area contributed by atoms with Crippen molar-refractivity contribution in [1.29, 1.82) is 0 Å². The highest BCUT2D eigenvalue weighted by Crippen LogP contribution is 2.26. The summed E-state index contributed by atoms with van der Waals surface area (Å²) in [5.41, 5.74) is 1.44. The van der Waals surface area contributed by atoms with Crippen LogP contribution >= 0.6 is 15.9 Å². The third-order valence-electron chi connectivity index (χ3n) is 3.02. The van der Waals surface area contributed by atoms with E-state index in [1.165, 1.54) is 12.4 Å². The van der Waals surface area contributed by atoms with E-state index in [0.717, 1.165) is 15.4 Å². The first-order valence-corrected chi connectivity index (χ1v) is 6.91. The Morgan fingerprint density at radius 2 is 1.90 bits per heavy atom. The number of nitrogens with zero attached hydrogens (tertiary/aromatic N) is 2. The molecule has 5 heteroatoms. The van der Waals surface area contributed by atoms with Crippen LogP contribution in [-0.4, -0.2) is 9.97 Å². The van der Waals surface area contributed by atoms with Crippen LogP contribution in [0.5, 0.6) is 0 Å². The summed E-state index contributed by atoms with van der Waals surface area (Å²) in [5.74, 6) is 0.471. The second-order valence-corrected chi connectivity index (χ2v) is 5.16. The zero-order valence-electron chi connectivity index (χ0n) is 10.5. The molecule has 3 rings (SSSR count). The van der Waals surface area contributed by atoms with E-state index in [1.54, 1.807) is 12.1 Å². The van der Waals surface area contributed by atoms with Gasteiger partial charge in [-0.3, -0.25) is 0 Å². The number of rotatable bonds is 3. The molecule has 0 aliphatic rings. The Kier molecular flexibility index (Phi) is 3.60. The summed E-state index contributed by atoms with van der Waals surface area (Å²) in [6.45, 7) is 0.380. The van der Waals surface area contributed by atoms with Crippen LogP contribution in [0.15, 0.2) is 53.3 Å². The molecule has 2 aromatic carbocycles. The normalized spacial score (nSPS) is 10.7. The van der Waals surface area contributed by atoms with Crippen molar-refractivity contribution in [3.63, 3.8) is 0 Å². The van der Waals surface area contributed by atoms with E-state index in [1.807, 2.05) is 24.3 Å². The van der Waals surface area contributed by atoms with Gasteiger partial charge in [0.1, 0.15) is 18.0 Å². The Morgan fingerprint density at radius 3 is 2.75 bits per heavy atom. The van der Waals surface area contributed by atoms with Gasteiger partial charge in [-0.15, -0.1) is 0 Å². The maximum absolute atomic E-state index is 13.6. The van der Waals surface area contributed by atoms with Gasteiger partial charge in [0, 0.05) is 22.0 Å². The minimum Gasteiger partial charge on any atom is -0.365 e. The lowest BCUT2D eigenvalue weighted by atomic mass is 10.2. The van der Waals surface area contributed by atoms with Gasteiger partial charge in [-0.1, -0.05) is 24.3 Å². The van der Waals surface area contributed by atoms with Gasteiger partial charge in [0.05, 0.1) is 5.52 Å². The third kappa shape index (κ3) is 2.49. The van der Waals surface area contributed by atoms with Crippen LogP contribution in [0, 0.1) is 5.82 Å². The summed E-state index contributed by atoms with van der Waals surface area (Å²) in [7, 11) is 0. The number of halogens is 2. The van der Waals surface area contributed by atoms with Gasteiger partial charge in [0.15, 0.2) is 0 Å². The van der Waals surface area contributed by atoms with Crippen LogP contribution in [0.3, 0.4) is 0 Å². The van der Waals surface area contributed by atoms with E-state index >= 15 is 0 Å². The molecule has 1 heterocycles. The maximum Gasteiger partial charge on any atom is 0.137 e. The molecular formula is C15H11BrFN3. The summed E-state index contributed by atoms with van der Waals surface area (Å²) >= 11 is 3.46. The van der Waals surface area contributed by atoms with Gasteiger partial charge in [-0.25, -0.2) is 14.4 Å². The van der Waals surface area contributed by atoms with E-state index in [9.17, 15) is 4.39 Å². The quantitative estimate of drug-likeness (QED) is 0.783. The standard InChI is InChI=1S/C15H11BrFN3/c16-12-6-3-5-11-14(12)19-9-20-15(11)18-8-10-4-1-2-7-13(10)17/h1-7,9H,8H2,(H,18,19,20). The Morgan fingerprint density at radius 1 is 1.05 bits per heavy atom. The predicted octanol–water partition coefficient (Wildman–Crippen LogP) is 4.14. The molecule has 3 nitrogen and oxygen atoms in total. The number of hydrogen-bond acceptors (Lipinski definition) is 3. The second-order valence-electron chi connectivity index (χ2n) is 4.30. The van der Waals surface area contributed by atoms with Crippen LogP contribution in [0.4, 0.5) is 10.2 Å². The number of anilines is 1. The lowest BCUT2D eigenvalue weighted by Gasteiger charge is -2.09. The fourth-order valence-electron chi connectivity index (χ4n) is 2.01. The van der Waals surface area contributed by atoms with Crippen molar-refractivity contribution >= 4 is 32.7 Å². The minimum atomic E-state index is -0.223. The van der Waals surface area contributed by atoms with E-state index in [2.05, 4.69) is 31.2 Å². The van der Waals surface area contributed by atoms with Crippen molar-refractivity contribution < 1.29 is 4.39 Å². The van der Waals surface area contributed by atoms with Crippen molar-refractivity contribution in [1.82, 2.24) is 9.97 Å². The number of nitrogens with one attached hydrogen (secondary N) is 1. The van der Waals surface area contributed by atoms with Crippen molar-refractivity contribution in [3.8, 4) is 0 Å². The molecule has 1 aromatic heterocycles. The summed E-state index contributed by atoms with van der Waals surface area (Å²) < 4.78 is 14.5. The minimum absolute atomic E-state index is 0.223. The SMILES string of the molecule is Fc1ccccc1CNc1ncnc2c(Br)cccc12. The summed E-state index contributed by atoms with van der Waals surface area (Å²) in [6.07, 6.45) is 1.50.